The van der Waals surface area contributed by atoms with Crippen molar-refractivity contribution in [1.82, 2.24) is 0 Å². The van der Waals surface area contributed by atoms with E-state index in [4.69, 9.17) is 4.74 Å². The smallest absolute Gasteiger partial charge is 0.121 e. The summed E-state index contributed by atoms with van der Waals surface area (Å²) >= 11 is 1.57. The lowest BCUT2D eigenvalue weighted by atomic mass is 9.94. The van der Waals surface area contributed by atoms with E-state index in [9.17, 15) is 5.11 Å². The minimum absolute atomic E-state index is 0.381. The number of benzene rings is 1. The second-order valence-electron chi connectivity index (χ2n) is 4.89. The van der Waals surface area contributed by atoms with Crippen LogP contribution in [0.3, 0.4) is 0 Å². The third-order valence-corrected chi connectivity index (χ3v) is 4.30. The number of aliphatic hydroxyl groups is 1. The zero-order valence-electron chi connectivity index (χ0n) is 10.3. The van der Waals surface area contributed by atoms with Gasteiger partial charge in [-0.1, -0.05) is 18.2 Å². The Morgan fingerprint density at radius 1 is 1.28 bits per heavy atom. The third-order valence-electron chi connectivity index (χ3n) is 3.22. The van der Waals surface area contributed by atoms with Gasteiger partial charge in [-0.2, -0.15) is 0 Å². The molecule has 18 heavy (non-hydrogen) atoms. The highest BCUT2D eigenvalue weighted by molar-refractivity contribution is 7.10. The van der Waals surface area contributed by atoms with Crippen molar-refractivity contribution in [2.75, 3.05) is 0 Å². The Morgan fingerprint density at radius 2 is 2.11 bits per heavy atom. The summed E-state index contributed by atoms with van der Waals surface area (Å²) in [4.78, 5) is 0.950. The second kappa shape index (κ2) is 4.41. The fourth-order valence-corrected chi connectivity index (χ4v) is 2.76. The highest BCUT2D eigenvalue weighted by atomic mass is 32.1. The molecule has 1 fully saturated rings. The van der Waals surface area contributed by atoms with E-state index in [2.05, 4.69) is 0 Å². The van der Waals surface area contributed by atoms with Gasteiger partial charge in [0, 0.05) is 4.88 Å². The van der Waals surface area contributed by atoms with Crippen LogP contribution in [0.2, 0.25) is 0 Å². The molecule has 3 heteroatoms. The summed E-state index contributed by atoms with van der Waals surface area (Å²) in [5.74, 6) is 0.854. The van der Waals surface area contributed by atoms with Gasteiger partial charge in [0.25, 0.3) is 0 Å². The summed E-state index contributed by atoms with van der Waals surface area (Å²) in [5.41, 5.74) is -0.0695. The van der Waals surface area contributed by atoms with Crippen LogP contribution in [0.5, 0.6) is 5.75 Å². The van der Waals surface area contributed by atoms with Crippen LogP contribution in [0.25, 0.3) is 0 Å². The normalized spacial score (nSPS) is 18.3. The van der Waals surface area contributed by atoms with Crippen LogP contribution < -0.4 is 4.74 Å². The summed E-state index contributed by atoms with van der Waals surface area (Å²) in [6, 6.07) is 11.7. The Hall–Kier alpha value is -1.32. The minimum Gasteiger partial charge on any atom is -0.490 e. The molecule has 0 aliphatic heterocycles. The highest BCUT2D eigenvalue weighted by Crippen LogP contribution is 2.35. The molecule has 0 bridgehead atoms. The topological polar surface area (TPSA) is 29.5 Å². The second-order valence-corrected chi connectivity index (χ2v) is 5.84. The van der Waals surface area contributed by atoms with Gasteiger partial charge in [-0.15, -0.1) is 11.3 Å². The minimum atomic E-state index is -0.947. The number of hydrogen-bond donors (Lipinski definition) is 1. The van der Waals surface area contributed by atoms with E-state index >= 15 is 0 Å². The molecule has 3 rings (SSSR count). The van der Waals surface area contributed by atoms with E-state index in [-0.39, 0.29) is 0 Å². The first-order valence-electron chi connectivity index (χ1n) is 6.20. The monoisotopic (exact) mass is 260 g/mol. The van der Waals surface area contributed by atoms with E-state index in [0.29, 0.717) is 6.10 Å². The van der Waals surface area contributed by atoms with Gasteiger partial charge >= 0.3 is 0 Å². The van der Waals surface area contributed by atoms with Gasteiger partial charge in [0.2, 0.25) is 0 Å². The van der Waals surface area contributed by atoms with Crippen molar-refractivity contribution in [1.29, 1.82) is 0 Å². The lowest BCUT2D eigenvalue weighted by Crippen LogP contribution is -2.21. The standard InChI is InChI=1S/C15H16O2S/c1-15(16,14-6-3-9-18-14)11-4-2-5-13(10-11)17-12-7-8-12/h2-6,9-10,12,16H,7-8H2,1H3. The van der Waals surface area contributed by atoms with E-state index < -0.39 is 5.60 Å². The Morgan fingerprint density at radius 3 is 2.78 bits per heavy atom. The molecule has 0 amide bonds. The summed E-state index contributed by atoms with van der Waals surface area (Å²) in [6.45, 7) is 1.83. The maximum atomic E-state index is 10.7. The molecule has 1 N–H and O–H groups in total. The summed E-state index contributed by atoms with van der Waals surface area (Å²) in [7, 11) is 0. The van der Waals surface area contributed by atoms with Crippen molar-refractivity contribution in [3.8, 4) is 5.75 Å². The molecule has 2 nitrogen and oxygen atoms in total. The van der Waals surface area contributed by atoms with Crippen LogP contribution in [-0.2, 0) is 5.60 Å². The molecule has 1 saturated carbocycles. The third kappa shape index (κ3) is 2.28. The number of rotatable bonds is 4. The quantitative estimate of drug-likeness (QED) is 0.911. The predicted molar refractivity (Wildman–Crippen MR) is 73.1 cm³/mol. The molecule has 0 radical (unpaired) electrons. The average molecular weight is 260 g/mol. The van der Waals surface area contributed by atoms with Gasteiger partial charge in [0.1, 0.15) is 11.4 Å². The molecule has 1 unspecified atom stereocenters. The van der Waals surface area contributed by atoms with Crippen LogP contribution in [0.15, 0.2) is 41.8 Å². The average Bonchev–Trinajstić information content (AvgIpc) is 2.99. The molecule has 2 aromatic rings. The Kier molecular flexibility index (Phi) is 2.88. The number of ether oxygens (including phenoxy) is 1. The van der Waals surface area contributed by atoms with Crippen molar-refractivity contribution < 1.29 is 9.84 Å². The molecule has 1 heterocycles. The van der Waals surface area contributed by atoms with Crippen molar-refractivity contribution in [3.63, 3.8) is 0 Å². The first kappa shape index (κ1) is 11.8. The Bertz CT molecular complexity index is 527. The SMILES string of the molecule is CC(O)(c1cccc(OC2CC2)c1)c1cccs1. The first-order chi connectivity index (χ1) is 8.66. The van der Waals surface area contributed by atoms with Crippen molar-refractivity contribution in [3.05, 3.63) is 52.2 Å². The number of thiophene rings is 1. The number of hydrogen-bond acceptors (Lipinski definition) is 3. The molecule has 1 aliphatic carbocycles. The fraction of sp³-hybridized carbons (Fsp3) is 0.333. The Labute approximate surface area is 111 Å². The molecule has 0 saturated heterocycles. The lowest BCUT2D eigenvalue weighted by molar-refractivity contribution is 0.106. The van der Waals surface area contributed by atoms with Gasteiger partial charge in [0.05, 0.1) is 6.10 Å². The van der Waals surface area contributed by atoms with Gasteiger partial charge in [-0.3, -0.25) is 0 Å². The Balaban J connectivity index is 1.90. The summed E-state index contributed by atoms with van der Waals surface area (Å²) in [5, 5.41) is 12.7. The molecule has 94 valence electrons. The van der Waals surface area contributed by atoms with E-state index in [1.54, 1.807) is 11.3 Å². The van der Waals surface area contributed by atoms with E-state index in [1.165, 1.54) is 0 Å². The predicted octanol–water partition coefficient (Wildman–Crippen LogP) is 3.55. The first-order valence-corrected chi connectivity index (χ1v) is 7.08. The molecule has 1 aromatic heterocycles. The molecular weight excluding hydrogens is 244 g/mol. The maximum Gasteiger partial charge on any atom is 0.121 e. The van der Waals surface area contributed by atoms with E-state index in [1.807, 2.05) is 48.7 Å². The van der Waals surface area contributed by atoms with Gasteiger partial charge in [-0.05, 0) is 48.9 Å². The molecular formula is C15H16O2S. The highest BCUT2D eigenvalue weighted by Gasteiger charge is 2.28. The zero-order valence-corrected chi connectivity index (χ0v) is 11.1. The fourth-order valence-electron chi connectivity index (χ4n) is 1.95. The van der Waals surface area contributed by atoms with E-state index in [0.717, 1.165) is 29.0 Å². The van der Waals surface area contributed by atoms with Gasteiger partial charge in [0.15, 0.2) is 0 Å². The van der Waals surface area contributed by atoms with Gasteiger partial charge < -0.3 is 9.84 Å². The molecule has 0 spiro atoms. The van der Waals surface area contributed by atoms with Crippen molar-refractivity contribution >= 4 is 11.3 Å². The molecule has 1 aromatic carbocycles. The molecule has 1 atom stereocenters. The van der Waals surface area contributed by atoms with Crippen LogP contribution in [0.1, 0.15) is 30.2 Å². The van der Waals surface area contributed by atoms with Gasteiger partial charge in [-0.25, -0.2) is 0 Å². The molecule has 1 aliphatic rings. The lowest BCUT2D eigenvalue weighted by Gasteiger charge is -2.23. The maximum absolute atomic E-state index is 10.7. The summed E-state index contributed by atoms with van der Waals surface area (Å²) < 4.78 is 5.77. The van der Waals surface area contributed by atoms with Crippen LogP contribution in [0.4, 0.5) is 0 Å². The summed E-state index contributed by atoms with van der Waals surface area (Å²) in [6.07, 6.45) is 2.67. The zero-order chi connectivity index (χ0) is 12.6. The van der Waals surface area contributed by atoms with Crippen molar-refractivity contribution in [2.24, 2.45) is 0 Å². The largest absolute Gasteiger partial charge is 0.490 e. The van der Waals surface area contributed by atoms with Crippen LogP contribution in [-0.4, -0.2) is 11.2 Å². The van der Waals surface area contributed by atoms with Crippen molar-refractivity contribution in [2.45, 2.75) is 31.5 Å². The van der Waals surface area contributed by atoms with Crippen LogP contribution in [0, 0.1) is 0 Å². The van der Waals surface area contributed by atoms with Crippen LogP contribution >= 0.6 is 11.3 Å².